The van der Waals surface area contributed by atoms with Gasteiger partial charge in [-0.05, 0) is 30.9 Å². The Morgan fingerprint density at radius 3 is 1.40 bits per heavy atom. The molecule has 0 aliphatic rings. The summed E-state index contributed by atoms with van der Waals surface area (Å²) in [5, 5.41) is 40.8. The molecule has 2 rings (SSSR count). The number of aliphatic hydroxyl groups excluding tert-OH is 4. The summed E-state index contributed by atoms with van der Waals surface area (Å²) in [6.45, 7) is 2.91. The molecule has 0 spiro atoms. The van der Waals surface area contributed by atoms with Crippen molar-refractivity contribution in [3.05, 3.63) is 71.8 Å². The van der Waals surface area contributed by atoms with Crippen LogP contribution in [0.3, 0.4) is 0 Å². The SMILES string of the molecule is CC(O)C(CO)(N(CCO)CCc1ccccc1)N(CCO)CCc1ccccc1. The lowest BCUT2D eigenvalue weighted by atomic mass is 9.97. The molecule has 1 unspecified atom stereocenters. The monoisotopic (exact) mass is 416 g/mol. The van der Waals surface area contributed by atoms with Crippen molar-refractivity contribution >= 4 is 0 Å². The third kappa shape index (κ3) is 6.35. The lowest BCUT2D eigenvalue weighted by Crippen LogP contribution is -2.70. The van der Waals surface area contributed by atoms with E-state index in [0.717, 1.165) is 24.0 Å². The van der Waals surface area contributed by atoms with Gasteiger partial charge in [-0.1, -0.05) is 60.7 Å². The largest absolute Gasteiger partial charge is 0.395 e. The van der Waals surface area contributed by atoms with Crippen LogP contribution in [0.2, 0.25) is 0 Å². The standard InChI is InChI=1S/C24H36N2O4/c1-21(30)24(20-29,25(16-18-27)14-12-22-8-4-2-5-9-22)26(17-19-28)15-13-23-10-6-3-7-11-23/h2-11,21,27-30H,12-20H2,1H3. The van der Waals surface area contributed by atoms with Crippen LogP contribution < -0.4 is 0 Å². The van der Waals surface area contributed by atoms with Crippen molar-refractivity contribution < 1.29 is 20.4 Å². The van der Waals surface area contributed by atoms with E-state index in [2.05, 4.69) is 0 Å². The molecule has 166 valence electrons. The second-order valence-electron chi connectivity index (χ2n) is 7.61. The Kier molecular flexibility index (Phi) is 10.4. The predicted octanol–water partition coefficient (Wildman–Crippen LogP) is 1.13. The maximum absolute atomic E-state index is 10.8. The fourth-order valence-electron chi connectivity index (χ4n) is 4.12. The zero-order chi connectivity index (χ0) is 21.8. The first-order valence-corrected chi connectivity index (χ1v) is 10.7. The van der Waals surface area contributed by atoms with Crippen molar-refractivity contribution in [2.45, 2.75) is 31.5 Å². The molecule has 0 heterocycles. The molecule has 1 atom stereocenters. The molecule has 6 nitrogen and oxygen atoms in total. The van der Waals surface area contributed by atoms with Gasteiger partial charge in [0.15, 0.2) is 0 Å². The maximum atomic E-state index is 10.8. The highest BCUT2D eigenvalue weighted by Crippen LogP contribution is 2.26. The van der Waals surface area contributed by atoms with Crippen LogP contribution in [0, 0.1) is 0 Å². The quantitative estimate of drug-likeness (QED) is 0.346. The maximum Gasteiger partial charge on any atom is 0.124 e. The number of aliphatic hydroxyl groups is 4. The minimum atomic E-state index is -1.10. The molecule has 0 bridgehead atoms. The van der Waals surface area contributed by atoms with Gasteiger partial charge >= 0.3 is 0 Å². The highest BCUT2D eigenvalue weighted by molar-refractivity contribution is 5.16. The van der Waals surface area contributed by atoms with Crippen molar-refractivity contribution in [3.8, 4) is 0 Å². The summed E-state index contributed by atoms with van der Waals surface area (Å²) in [7, 11) is 0. The van der Waals surface area contributed by atoms with E-state index in [9.17, 15) is 20.4 Å². The Morgan fingerprint density at radius 2 is 1.10 bits per heavy atom. The van der Waals surface area contributed by atoms with Crippen LogP contribution in [0.5, 0.6) is 0 Å². The number of rotatable bonds is 14. The third-order valence-corrected chi connectivity index (χ3v) is 5.76. The first-order valence-electron chi connectivity index (χ1n) is 10.7. The molecule has 0 saturated heterocycles. The molecular formula is C24H36N2O4. The first kappa shape index (κ1) is 24.5. The molecule has 0 fully saturated rings. The molecule has 4 N–H and O–H groups in total. The Bertz CT molecular complexity index is 643. The van der Waals surface area contributed by atoms with Gasteiger partial charge < -0.3 is 20.4 Å². The van der Waals surface area contributed by atoms with Gasteiger partial charge in [-0.2, -0.15) is 0 Å². The summed E-state index contributed by atoms with van der Waals surface area (Å²) >= 11 is 0. The summed E-state index contributed by atoms with van der Waals surface area (Å²) in [6, 6.07) is 20.0. The van der Waals surface area contributed by atoms with Crippen molar-refractivity contribution in [3.63, 3.8) is 0 Å². The Balaban J connectivity index is 2.28. The van der Waals surface area contributed by atoms with E-state index < -0.39 is 11.8 Å². The molecule has 0 saturated carbocycles. The Hall–Kier alpha value is -1.80. The Labute approximate surface area is 180 Å². The van der Waals surface area contributed by atoms with Gasteiger partial charge in [-0.3, -0.25) is 9.80 Å². The van der Waals surface area contributed by atoms with Crippen LogP contribution in [-0.4, -0.2) is 88.0 Å². The van der Waals surface area contributed by atoms with Gasteiger partial charge in [0.2, 0.25) is 0 Å². The van der Waals surface area contributed by atoms with Gasteiger partial charge in [-0.15, -0.1) is 0 Å². The summed E-state index contributed by atoms with van der Waals surface area (Å²) < 4.78 is 0. The smallest absolute Gasteiger partial charge is 0.124 e. The van der Waals surface area contributed by atoms with E-state index in [-0.39, 0.29) is 19.8 Å². The third-order valence-electron chi connectivity index (χ3n) is 5.76. The van der Waals surface area contributed by atoms with Crippen molar-refractivity contribution in [1.82, 2.24) is 9.80 Å². The Morgan fingerprint density at radius 1 is 0.700 bits per heavy atom. The second-order valence-corrected chi connectivity index (χ2v) is 7.61. The van der Waals surface area contributed by atoms with E-state index >= 15 is 0 Å². The molecule has 0 radical (unpaired) electrons. The van der Waals surface area contributed by atoms with Gasteiger partial charge in [-0.25, -0.2) is 0 Å². The molecule has 0 aromatic heterocycles. The van der Waals surface area contributed by atoms with E-state index in [1.807, 2.05) is 70.5 Å². The summed E-state index contributed by atoms with van der Waals surface area (Å²) in [4.78, 5) is 3.90. The van der Waals surface area contributed by atoms with Gasteiger partial charge in [0, 0.05) is 26.2 Å². The van der Waals surface area contributed by atoms with Gasteiger partial charge in [0.05, 0.1) is 25.9 Å². The van der Waals surface area contributed by atoms with E-state index in [1.165, 1.54) is 0 Å². The van der Waals surface area contributed by atoms with E-state index in [1.54, 1.807) is 6.92 Å². The van der Waals surface area contributed by atoms with Gasteiger partial charge in [0.1, 0.15) is 5.66 Å². The van der Waals surface area contributed by atoms with Crippen LogP contribution >= 0.6 is 0 Å². The van der Waals surface area contributed by atoms with Crippen LogP contribution in [-0.2, 0) is 12.8 Å². The average molecular weight is 417 g/mol. The minimum Gasteiger partial charge on any atom is -0.395 e. The van der Waals surface area contributed by atoms with E-state index in [4.69, 9.17) is 0 Å². The molecular weight excluding hydrogens is 380 g/mol. The molecule has 0 aliphatic heterocycles. The summed E-state index contributed by atoms with van der Waals surface area (Å²) in [5.41, 5.74) is 1.20. The van der Waals surface area contributed by atoms with Crippen LogP contribution in [0.25, 0.3) is 0 Å². The predicted molar refractivity (Wildman–Crippen MR) is 119 cm³/mol. The topological polar surface area (TPSA) is 87.4 Å². The molecule has 0 amide bonds. The fraction of sp³-hybridized carbons (Fsp3) is 0.500. The normalized spacial score (nSPS) is 13.2. The fourth-order valence-corrected chi connectivity index (χ4v) is 4.12. The minimum absolute atomic E-state index is 0.0884. The molecule has 2 aromatic carbocycles. The number of nitrogens with zero attached hydrogens (tertiary/aromatic N) is 2. The zero-order valence-corrected chi connectivity index (χ0v) is 17.9. The average Bonchev–Trinajstić information content (AvgIpc) is 2.77. The van der Waals surface area contributed by atoms with Gasteiger partial charge in [0.25, 0.3) is 0 Å². The zero-order valence-electron chi connectivity index (χ0n) is 17.9. The summed E-state index contributed by atoms with van der Waals surface area (Å²) in [5.74, 6) is 0. The van der Waals surface area contributed by atoms with Crippen molar-refractivity contribution in [2.24, 2.45) is 0 Å². The second kappa shape index (κ2) is 12.8. The van der Waals surface area contributed by atoms with E-state index in [0.29, 0.717) is 26.2 Å². The first-order chi connectivity index (χ1) is 14.6. The highest BCUT2D eigenvalue weighted by atomic mass is 16.3. The summed E-state index contributed by atoms with van der Waals surface area (Å²) in [6.07, 6.45) is 0.550. The lowest BCUT2D eigenvalue weighted by molar-refractivity contribution is -0.159. The molecule has 2 aromatic rings. The number of benzene rings is 2. The molecule has 0 aliphatic carbocycles. The molecule has 6 heteroatoms. The van der Waals surface area contributed by atoms with Crippen LogP contribution in [0.4, 0.5) is 0 Å². The van der Waals surface area contributed by atoms with Crippen molar-refractivity contribution in [1.29, 1.82) is 0 Å². The number of hydrogen-bond donors (Lipinski definition) is 4. The number of hydrogen-bond acceptors (Lipinski definition) is 6. The molecule has 30 heavy (non-hydrogen) atoms. The van der Waals surface area contributed by atoms with Crippen LogP contribution in [0.1, 0.15) is 18.1 Å². The lowest BCUT2D eigenvalue weighted by Gasteiger charge is -2.52. The highest BCUT2D eigenvalue weighted by Gasteiger charge is 2.45. The van der Waals surface area contributed by atoms with Crippen LogP contribution in [0.15, 0.2) is 60.7 Å². The van der Waals surface area contributed by atoms with Crippen molar-refractivity contribution in [2.75, 3.05) is 46.0 Å².